The standard InChI is InChI=1S/C11H15N3O3/c12-6-5-9(11(16)17)14-10(15)7-1-3-8(13)4-2-7/h1-4,9H,5-6,12-13H2,(H,14,15)(H,16,17). The molecule has 1 aromatic carbocycles. The molecule has 6 N–H and O–H groups in total. The Morgan fingerprint density at radius 3 is 2.35 bits per heavy atom. The van der Waals surface area contributed by atoms with Crippen LogP contribution in [0.5, 0.6) is 0 Å². The highest BCUT2D eigenvalue weighted by molar-refractivity contribution is 5.96. The number of rotatable bonds is 5. The average Bonchev–Trinajstić information content (AvgIpc) is 2.29. The first-order valence-corrected chi connectivity index (χ1v) is 5.14. The molecule has 0 aliphatic carbocycles. The summed E-state index contributed by atoms with van der Waals surface area (Å²) >= 11 is 0. The number of hydrogen-bond acceptors (Lipinski definition) is 4. The molecule has 0 fully saturated rings. The zero-order valence-electron chi connectivity index (χ0n) is 9.22. The number of nitrogens with two attached hydrogens (primary N) is 2. The van der Waals surface area contributed by atoms with Gasteiger partial charge in [-0.3, -0.25) is 4.79 Å². The summed E-state index contributed by atoms with van der Waals surface area (Å²) < 4.78 is 0. The van der Waals surface area contributed by atoms with E-state index in [9.17, 15) is 9.59 Å². The second-order valence-corrected chi connectivity index (χ2v) is 3.56. The van der Waals surface area contributed by atoms with E-state index in [1.165, 1.54) is 12.1 Å². The quantitative estimate of drug-likeness (QED) is 0.529. The number of anilines is 1. The van der Waals surface area contributed by atoms with Gasteiger partial charge in [-0.1, -0.05) is 0 Å². The number of amides is 1. The van der Waals surface area contributed by atoms with E-state index in [0.29, 0.717) is 11.3 Å². The molecule has 0 saturated carbocycles. The molecule has 0 heterocycles. The van der Waals surface area contributed by atoms with Crippen molar-refractivity contribution in [3.05, 3.63) is 29.8 Å². The fourth-order valence-corrected chi connectivity index (χ4v) is 1.30. The van der Waals surface area contributed by atoms with Crippen molar-refractivity contribution in [1.29, 1.82) is 0 Å². The fourth-order valence-electron chi connectivity index (χ4n) is 1.30. The minimum absolute atomic E-state index is 0.191. The molecule has 0 aliphatic rings. The van der Waals surface area contributed by atoms with Crippen LogP contribution in [0.15, 0.2) is 24.3 Å². The summed E-state index contributed by atoms with van der Waals surface area (Å²) in [7, 11) is 0. The number of benzene rings is 1. The van der Waals surface area contributed by atoms with Crippen LogP contribution in [0.2, 0.25) is 0 Å². The number of nitrogen functional groups attached to an aromatic ring is 1. The molecule has 1 aromatic rings. The highest BCUT2D eigenvalue weighted by Crippen LogP contribution is 2.06. The topological polar surface area (TPSA) is 118 Å². The number of carboxylic acids is 1. The Morgan fingerprint density at radius 2 is 1.88 bits per heavy atom. The molecule has 1 rings (SSSR count). The van der Waals surface area contributed by atoms with Crippen molar-refractivity contribution in [2.24, 2.45) is 5.73 Å². The molecular weight excluding hydrogens is 222 g/mol. The molecule has 0 bridgehead atoms. The number of hydrogen-bond donors (Lipinski definition) is 4. The lowest BCUT2D eigenvalue weighted by atomic mass is 10.1. The van der Waals surface area contributed by atoms with Crippen molar-refractivity contribution >= 4 is 17.6 Å². The predicted octanol–water partition coefficient (Wildman–Crippen LogP) is -0.199. The van der Waals surface area contributed by atoms with E-state index in [0.717, 1.165) is 0 Å². The first kappa shape index (κ1) is 13.0. The summed E-state index contributed by atoms with van der Waals surface area (Å²) in [5.41, 5.74) is 11.7. The number of carbonyl (C=O) groups excluding carboxylic acids is 1. The van der Waals surface area contributed by atoms with Gasteiger partial charge in [0.05, 0.1) is 0 Å². The van der Waals surface area contributed by atoms with Crippen molar-refractivity contribution in [1.82, 2.24) is 5.32 Å². The van der Waals surface area contributed by atoms with Gasteiger partial charge in [0.2, 0.25) is 0 Å². The molecule has 1 atom stereocenters. The molecule has 92 valence electrons. The van der Waals surface area contributed by atoms with Crippen molar-refractivity contribution < 1.29 is 14.7 Å². The van der Waals surface area contributed by atoms with Crippen molar-refractivity contribution in [2.45, 2.75) is 12.5 Å². The molecule has 1 unspecified atom stereocenters. The van der Waals surface area contributed by atoms with E-state index in [-0.39, 0.29) is 13.0 Å². The zero-order chi connectivity index (χ0) is 12.8. The Balaban J connectivity index is 2.70. The minimum atomic E-state index is -1.10. The van der Waals surface area contributed by atoms with Crippen LogP contribution in [-0.2, 0) is 4.79 Å². The van der Waals surface area contributed by atoms with Gasteiger partial charge in [-0.05, 0) is 37.2 Å². The first-order valence-electron chi connectivity index (χ1n) is 5.14. The highest BCUT2D eigenvalue weighted by Gasteiger charge is 2.19. The summed E-state index contributed by atoms with van der Waals surface area (Å²) in [6.07, 6.45) is 0.191. The van der Waals surface area contributed by atoms with Crippen molar-refractivity contribution in [2.75, 3.05) is 12.3 Å². The van der Waals surface area contributed by atoms with Gasteiger partial charge >= 0.3 is 5.97 Å². The normalized spacial score (nSPS) is 11.8. The molecule has 0 spiro atoms. The van der Waals surface area contributed by atoms with E-state index in [4.69, 9.17) is 16.6 Å². The molecule has 0 aliphatic heterocycles. The van der Waals surface area contributed by atoms with Gasteiger partial charge < -0.3 is 21.9 Å². The van der Waals surface area contributed by atoms with Crippen LogP contribution in [0.25, 0.3) is 0 Å². The largest absolute Gasteiger partial charge is 0.480 e. The smallest absolute Gasteiger partial charge is 0.326 e. The maximum Gasteiger partial charge on any atom is 0.326 e. The lowest BCUT2D eigenvalue weighted by Gasteiger charge is -2.13. The van der Waals surface area contributed by atoms with Crippen LogP contribution in [-0.4, -0.2) is 29.6 Å². The third kappa shape index (κ3) is 3.76. The monoisotopic (exact) mass is 237 g/mol. The number of nitrogens with one attached hydrogen (secondary N) is 1. The van der Waals surface area contributed by atoms with Gasteiger partial charge in [-0.25, -0.2) is 4.79 Å². The van der Waals surface area contributed by atoms with E-state index in [1.807, 2.05) is 0 Å². The lowest BCUT2D eigenvalue weighted by molar-refractivity contribution is -0.139. The summed E-state index contributed by atoms with van der Waals surface area (Å²) in [6.45, 7) is 0.193. The minimum Gasteiger partial charge on any atom is -0.480 e. The second-order valence-electron chi connectivity index (χ2n) is 3.56. The fraction of sp³-hybridized carbons (Fsp3) is 0.273. The molecule has 17 heavy (non-hydrogen) atoms. The van der Waals surface area contributed by atoms with Crippen molar-refractivity contribution in [3.8, 4) is 0 Å². The summed E-state index contributed by atoms with van der Waals surface area (Å²) in [6, 6.07) is 5.25. The maximum absolute atomic E-state index is 11.7. The van der Waals surface area contributed by atoms with Gasteiger partial charge in [0, 0.05) is 11.3 Å². The van der Waals surface area contributed by atoms with Gasteiger partial charge in [0.1, 0.15) is 6.04 Å². The van der Waals surface area contributed by atoms with E-state index in [1.54, 1.807) is 12.1 Å². The summed E-state index contributed by atoms with van der Waals surface area (Å²) in [5.74, 6) is -1.55. The number of carbonyl (C=O) groups is 2. The summed E-state index contributed by atoms with van der Waals surface area (Å²) in [4.78, 5) is 22.5. The third-order valence-corrected chi connectivity index (χ3v) is 2.23. The Bertz CT molecular complexity index is 403. The van der Waals surface area contributed by atoms with Crippen LogP contribution in [0, 0.1) is 0 Å². The average molecular weight is 237 g/mol. The molecule has 0 saturated heterocycles. The zero-order valence-corrected chi connectivity index (χ0v) is 9.22. The van der Waals surface area contributed by atoms with Crippen molar-refractivity contribution in [3.63, 3.8) is 0 Å². The Labute approximate surface area is 98.6 Å². The van der Waals surface area contributed by atoms with Gasteiger partial charge in [-0.2, -0.15) is 0 Å². The molecule has 1 amide bonds. The Kier molecular flexibility index (Phi) is 4.47. The van der Waals surface area contributed by atoms with Crippen LogP contribution in [0.4, 0.5) is 5.69 Å². The van der Waals surface area contributed by atoms with E-state index >= 15 is 0 Å². The molecule has 0 radical (unpaired) electrons. The number of carboxylic acid groups (broad SMARTS) is 1. The summed E-state index contributed by atoms with van der Waals surface area (Å²) in [5, 5.41) is 11.2. The Hall–Kier alpha value is -2.08. The van der Waals surface area contributed by atoms with Gasteiger partial charge in [0.25, 0.3) is 5.91 Å². The molecular formula is C11H15N3O3. The Morgan fingerprint density at radius 1 is 1.29 bits per heavy atom. The predicted molar refractivity (Wildman–Crippen MR) is 63.4 cm³/mol. The van der Waals surface area contributed by atoms with E-state index in [2.05, 4.69) is 5.32 Å². The van der Waals surface area contributed by atoms with Crippen LogP contribution in [0.3, 0.4) is 0 Å². The third-order valence-electron chi connectivity index (χ3n) is 2.23. The molecule has 6 heteroatoms. The number of aliphatic carboxylic acids is 1. The van der Waals surface area contributed by atoms with Gasteiger partial charge in [-0.15, -0.1) is 0 Å². The van der Waals surface area contributed by atoms with E-state index < -0.39 is 17.9 Å². The first-order chi connectivity index (χ1) is 8.04. The maximum atomic E-state index is 11.7. The molecule has 0 aromatic heterocycles. The van der Waals surface area contributed by atoms with Crippen LogP contribution >= 0.6 is 0 Å². The van der Waals surface area contributed by atoms with Gasteiger partial charge in [0.15, 0.2) is 0 Å². The SMILES string of the molecule is NCCC(NC(=O)c1ccc(N)cc1)C(=O)O. The van der Waals surface area contributed by atoms with Crippen LogP contribution < -0.4 is 16.8 Å². The highest BCUT2D eigenvalue weighted by atomic mass is 16.4. The second kappa shape index (κ2) is 5.86. The molecule has 6 nitrogen and oxygen atoms in total. The van der Waals surface area contributed by atoms with Crippen LogP contribution in [0.1, 0.15) is 16.8 Å². The lowest BCUT2D eigenvalue weighted by Crippen LogP contribution is -2.42.